The molecule has 0 radical (unpaired) electrons. The molecule has 4 heterocycles. The van der Waals surface area contributed by atoms with Gasteiger partial charge in [-0.1, -0.05) is 8.58 Å². The van der Waals surface area contributed by atoms with Crippen molar-refractivity contribution in [2.75, 3.05) is 0 Å². The van der Waals surface area contributed by atoms with Crippen molar-refractivity contribution in [1.82, 2.24) is 0 Å². The maximum Gasteiger partial charge on any atom is 0.173 e. The van der Waals surface area contributed by atoms with Crippen molar-refractivity contribution in [3.63, 3.8) is 0 Å². The Kier molecular flexibility index (Phi) is 1.49. The van der Waals surface area contributed by atoms with Gasteiger partial charge in [-0.3, -0.25) is 0 Å². The first-order valence-corrected chi connectivity index (χ1v) is 6.14. The van der Waals surface area contributed by atoms with Gasteiger partial charge in [0.15, 0.2) is 11.6 Å². The molecule has 0 aromatic heterocycles. The van der Waals surface area contributed by atoms with Gasteiger partial charge in [-0.25, -0.2) is 0 Å². The van der Waals surface area contributed by atoms with Crippen molar-refractivity contribution in [2.45, 2.75) is 62.8 Å². The fourth-order valence-corrected chi connectivity index (χ4v) is 6.06. The Hall–Kier alpha value is 0.310. The van der Waals surface area contributed by atoms with Gasteiger partial charge < -0.3 is 14.2 Å². The first-order chi connectivity index (χ1) is 6.24. The zero-order valence-corrected chi connectivity index (χ0v) is 10.1. The Morgan fingerprint density at radius 1 is 0.786 bits per heavy atom. The standard InChI is InChI=1S/C10H17O3P/c1-7-5-9(3)13-8(2,11-7)6-10(4,12-7)14-9/h14H,5-6H2,1-4H3/t7-,8-,9+,10+/m0/s1. The van der Waals surface area contributed by atoms with E-state index in [1.54, 1.807) is 0 Å². The number of hydrogen-bond donors (Lipinski definition) is 0. The highest BCUT2D eigenvalue weighted by Gasteiger charge is 2.66. The fourth-order valence-electron chi connectivity index (χ4n) is 3.59. The summed E-state index contributed by atoms with van der Waals surface area (Å²) in [6.45, 7) is 8.44. The van der Waals surface area contributed by atoms with E-state index in [4.69, 9.17) is 14.2 Å². The van der Waals surface area contributed by atoms with Crippen LogP contribution in [0.2, 0.25) is 0 Å². The molecule has 4 heteroatoms. The van der Waals surface area contributed by atoms with E-state index >= 15 is 0 Å². The molecular formula is C10H17O3P. The summed E-state index contributed by atoms with van der Waals surface area (Å²) in [5.41, 5.74) is 0. The summed E-state index contributed by atoms with van der Waals surface area (Å²) in [7, 11) is 0.713. The summed E-state index contributed by atoms with van der Waals surface area (Å²) in [5, 5.41) is -0.0694. The van der Waals surface area contributed by atoms with Crippen LogP contribution < -0.4 is 0 Å². The second kappa shape index (κ2) is 2.20. The highest BCUT2D eigenvalue weighted by molar-refractivity contribution is 7.41. The molecule has 0 spiro atoms. The lowest BCUT2D eigenvalue weighted by atomic mass is 9.98. The van der Waals surface area contributed by atoms with Crippen molar-refractivity contribution in [3.8, 4) is 0 Å². The van der Waals surface area contributed by atoms with Gasteiger partial charge in [0, 0.05) is 12.8 Å². The Morgan fingerprint density at radius 2 is 1.21 bits per heavy atom. The van der Waals surface area contributed by atoms with Gasteiger partial charge in [0.2, 0.25) is 0 Å². The van der Waals surface area contributed by atoms with Gasteiger partial charge in [0.1, 0.15) is 0 Å². The largest absolute Gasteiger partial charge is 0.339 e. The molecule has 4 aliphatic rings. The topological polar surface area (TPSA) is 27.7 Å². The molecule has 0 aliphatic carbocycles. The van der Waals surface area contributed by atoms with Gasteiger partial charge in [0.25, 0.3) is 0 Å². The van der Waals surface area contributed by atoms with Crippen LogP contribution in [-0.4, -0.2) is 22.3 Å². The van der Waals surface area contributed by atoms with Crippen molar-refractivity contribution in [2.24, 2.45) is 0 Å². The summed E-state index contributed by atoms with van der Waals surface area (Å²) < 4.78 is 18.0. The van der Waals surface area contributed by atoms with E-state index < -0.39 is 11.6 Å². The van der Waals surface area contributed by atoms with Crippen LogP contribution in [0.5, 0.6) is 0 Å². The van der Waals surface area contributed by atoms with E-state index in [-0.39, 0.29) is 10.7 Å². The summed E-state index contributed by atoms with van der Waals surface area (Å²) in [6, 6.07) is 0. The van der Waals surface area contributed by atoms with Crippen LogP contribution in [0.1, 0.15) is 40.5 Å². The Bertz CT molecular complexity index is 208. The van der Waals surface area contributed by atoms with Gasteiger partial charge in [0.05, 0.1) is 10.7 Å². The average Bonchev–Trinajstić information content (AvgIpc) is 1.67. The van der Waals surface area contributed by atoms with E-state index in [9.17, 15) is 0 Å². The summed E-state index contributed by atoms with van der Waals surface area (Å²) in [4.78, 5) is 0. The molecule has 4 saturated heterocycles. The summed E-state index contributed by atoms with van der Waals surface area (Å²) in [6.07, 6.45) is 1.70. The molecule has 4 fully saturated rings. The van der Waals surface area contributed by atoms with E-state index in [0.717, 1.165) is 12.8 Å². The molecule has 3 nitrogen and oxygen atoms in total. The molecule has 0 N–H and O–H groups in total. The maximum absolute atomic E-state index is 6.04. The van der Waals surface area contributed by atoms with Gasteiger partial charge in [-0.05, 0) is 27.7 Å². The predicted octanol–water partition coefficient (Wildman–Crippen LogP) is 2.40. The van der Waals surface area contributed by atoms with Crippen LogP contribution in [-0.2, 0) is 14.2 Å². The van der Waals surface area contributed by atoms with Crippen molar-refractivity contribution >= 4 is 8.58 Å². The summed E-state index contributed by atoms with van der Waals surface area (Å²) >= 11 is 0. The third-order valence-corrected chi connectivity index (χ3v) is 4.78. The summed E-state index contributed by atoms with van der Waals surface area (Å²) in [5.74, 6) is -0.861. The molecule has 4 rings (SSSR count). The van der Waals surface area contributed by atoms with Crippen LogP contribution in [0.25, 0.3) is 0 Å². The molecule has 14 heavy (non-hydrogen) atoms. The Labute approximate surface area is 86.3 Å². The van der Waals surface area contributed by atoms with Gasteiger partial charge in [-0.15, -0.1) is 0 Å². The molecule has 0 aromatic carbocycles. The number of hydrogen-bond acceptors (Lipinski definition) is 3. The molecule has 4 atom stereocenters. The minimum atomic E-state index is -0.431. The first-order valence-electron chi connectivity index (χ1n) is 5.14. The molecule has 0 saturated carbocycles. The lowest BCUT2D eigenvalue weighted by Gasteiger charge is -2.66. The van der Waals surface area contributed by atoms with Crippen LogP contribution in [0.3, 0.4) is 0 Å². The number of rotatable bonds is 0. The highest BCUT2D eigenvalue weighted by Crippen LogP contribution is 2.67. The zero-order chi connectivity index (χ0) is 10.2. The Balaban J connectivity index is 2.08. The van der Waals surface area contributed by atoms with Gasteiger partial charge >= 0.3 is 0 Å². The van der Waals surface area contributed by atoms with Crippen LogP contribution in [0, 0.1) is 0 Å². The molecular weight excluding hydrogens is 199 g/mol. The SMILES string of the molecule is C[C@@]12C[C@]3(C)O[C@@](C)(C[C@](C)(O1)P3)O2. The van der Waals surface area contributed by atoms with Crippen LogP contribution in [0.15, 0.2) is 0 Å². The smallest absolute Gasteiger partial charge is 0.173 e. The average molecular weight is 216 g/mol. The van der Waals surface area contributed by atoms with E-state index in [2.05, 4.69) is 13.8 Å². The van der Waals surface area contributed by atoms with Crippen LogP contribution in [0.4, 0.5) is 0 Å². The first kappa shape index (κ1) is 9.53. The monoisotopic (exact) mass is 216 g/mol. The predicted molar refractivity (Wildman–Crippen MR) is 54.4 cm³/mol. The quantitative estimate of drug-likeness (QED) is 0.582. The van der Waals surface area contributed by atoms with Crippen molar-refractivity contribution < 1.29 is 14.2 Å². The maximum atomic E-state index is 6.04. The molecule has 0 amide bonds. The van der Waals surface area contributed by atoms with E-state index in [0.29, 0.717) is 8.58 Å². The Morgan fingerprint density at radius 3 is 1.57 bits per heavy atom. The number of ether oxygens (including phenoxy) is 3. The fraction of sp³-hybridized carbons (Fsp3) is 1.00. The normalized spacial score (nSPS) is 67.7. The van der Waals surface area contributed by atoms with Crippen LogP contribution >= 0.6 is 8.58 Å². The van der Waals surface area contributed by atoms with Crippen molar-refractivity contribution in [1.29, 1.82) is 0 Å². The van der Waals surface area contributed by atoms with Gasteiger partial charge in [-0.2, -0.15) is 0 Å². The molecule has 4 bridgehead atoms. The van der Waals surface area contributed by atoms with E-state index in [1.807, 2.05) is 13.8 Å². The second-order valence-electron chi connectivity index (χ2n) is 5.51. The molecule has 4 aliphatic heterocycles. The lowest BCUT2D eigenvalue weighted by Crippen LogP contribution is -2.69. The minimum absolute atomic E-state index is 0.0347. The third-order valence-electron chi connectivity index (χ3n) is 3.16. The van der Waals surface area contributed by atoms with Crippen molar-refractivity contribution in [3.05, 3.63) is 0 Å². The third kappa shape index (κ3) is 1.19. The zero-order valence-electron chi connectivity index (χ0n) is 9.14. The molecule has 80 valence electrons. The second-order valence-corrected chi connectivity index (χ2v) is 7.88. The lowest BCUT2D eigenvalue weighted by molar-refractivity contribution is -0.467. The minimum Gasteiger partial charge on any atom is -0.339 e. The highest BCUT2D eigenvalue weighted by atomic mass is 31.1. The molecule has 0 aromatic rings. The molecule has 0 unspecified atom stereocenters. The van der Waals surface area contributed by atoms with E-state index in [1.165, 1.54) is 0 Å².